The molecule has 0 saturated carbocycles. The first-order chi connectivity index (χ1) is 43.6. The van der Waals surface area contributed by atoms with Gasteiger partial charge in [-0.3, -0.25) is 9.59 Å². The van der Waals surface area contributed by atoms with Crippen molar-refractivity contribution in [1.29, 1.82) is 0 Å². The van der Waals surface area contributed by atoms with Gasteiger partial charge >= 0.3 is 11.9 Å². The Hall–Kier alpha value is -5.52. The molecule has 0 rings (SSSR count). The minimum atomic E-state index is -0.799. The fraction of sp³-hybridized carbons (Fsp3) is 0.566. The van der Waals surface area contributed by atoms with Crippen LogP contribution in [0.15, 0.2) is 207 Å². The van der Waals surface area contributed by atoms with E-state index in [1.165, 1.54) is 89.9 Å². The monoisotopic (exact) mass is 1210 g/mol. The molecule has 0 amide bonds. The molecule has 492 valence electrons. The van der Waals surface area contributed by atoms with E-state index in [-0.39, 0.29) is 25.2 Å². The van der Waals surface area contributed by atoms with Crippen LogP contribution in [0, 0.1) is 0 Å². The number of esters is 2. The summed E-state index contributed by atoms with van der Waals surface area (Å²) in [6.45, 7) is 3.90. The molecule has 1 unspecified atom stereocenters. The average Bonchev–Trinajstić information content (AvgIpc) is 3.56. The minimum Gasteiger partial charge on any atom is -0.462 e. The van der Waals surface area contributed by atoms with Crippen LogP contribution < -0.4 is 0 Å². The third-order valence-electron chi connectivity index (χ3n) is 14.6. The molecule has 0 radical (unpaired) electrons. The second-order valence-electron chi connectivity index (χ2n) is 22.8. The van der Waals surface area contributed by atoms with E-state index >= 15 is 0 Å². The number of carbonyl (C=O) groups excluding carboxylic acids is 2. The SMILES string of the molecule is CC/C=C\C/C=C\C/C=C\C/C=C\C/C=C\C/C=C\C/C=C\C/C=C\C/C=C\CCCCCCCC(=O)OC(CO)COC(=O)CCCCCCCCCCCCCCCCCC/C=C\C/C=C\C/C=C\C/C=C\C/C=C\C/C=C\C/C=C\C/C=C\CC. The molecule has 0 spiro atoms. The molecule has 5 nitrogen and oxygen atoms in total. The van der Waals surface area contributed by atoms with E-state index in [0.29, 0.717) is 12.8 Å². The van der Waals surface area contributed by atoms with Crippen LogP contribution in [0.2, 0.25) is 0 Å². The van der Waals surface area contributed by atoms with Gasteiger partial charge in [-0.2, -0.15) is 0 Å². The largest absolute Gasteiger partial charge is 0.462 e. The van der Waals surface area contributed by atoms with Crippen molar-refractivity contribution in [1.82, 2.24) is 0 Å². The fourth-order valence-electron chi connectivity index (χ4n) is 9.33. The van der Waals surface area contributed by atoms with Gasteiger partial charge in [-0.1, -0.05) is 330 Å². The van der Waals surface area contributed by atoms with Crippen LogP contribution in [0.5, 0.6) is 0 Å². The molecule has 0 aliphatic rings. The second-order valence-corrected chi connectivity index (χ2v) is 22.8. The first-order valence-electron chi connectivity index (χ1n) is 35.6. The lowest BCUT2D eigenvalue weighted by Gasteiger charge is -2.15. The van der Waals surface area contributed by atoms with Crippen molar-refractivity contribution >= 4 is 11.9 Å². The summed E-state index contributed by atoms with van der Waals surface area (Å²) < 4.78 is 10.7. The highest BCUT2D eigenvalue weighted by Gasteiger charge is 2.16. The molecule has 0 bridgehead atoms. The summed E-state index contributed by atoms with van der Waals surface area (Å²) in [5.74, 6) is -0.621. The molecular formula is C83H130O5. The molecule has 0 aromatic carbocycles. The van der Waals surface area contributed by atoms with Crippen LogP contribution in [0.4, 0.5) is 0 Å². The lowest BCUT2D eigenvalue weighted by Crippen LogP contribution is -2.28. The van der Waals surface area contributed by atoms with Crippen LogP contribution in [0.3, 0.4) is 0 Å². The van der Waals surface area contributed by atoms with E-state index in [2.05, 4.69) is 220 Å². The molecule has 88 heavy (non-hydrogen) atoms. The van der Waals surface area contributed by atoms with E-state index in [1.807, 2.05) is 0 Å². The maximum Gasteiger partial charge on any atom is 0.306 e. The van der Waals surface area contributed by atoms with E-state index < -0.39 is 6.10 Å². The van der Waals surface area contributed by atoms with Crippen LogP contribution >= 0.6 is 0 Å². The number of aliphatic hydroxyl groups excluding tert-OH is 1. The third kappa shape index (κ3) is 73.0. The summed E-state index contributed by atoms with van der Waals surface area (Å²) >= 11 is 0. The fourth-order valence-corrected chi connectivity index (χ4v) is 9.33. The molecule has 0 aliphatic carbocycles. The van der Waals surface area contributed by atoms with E-state index in [9.17, 15) is 14.7 Å². The molecule has 0 aromatic heterocycles. The van der Waals surface area contributed by atoms with Gasteiger partial charge < -0.3 is 14.6 Å². The summed E-state index contributed by atoms with van der Waals surface area (Å²) in [6.07, 6.45) is 121. The van der Waals surface area contributed by atoms with Crippen molar-refractivity contribution in [3.8, 4) is 0 Å². The van der Waals surface area contributed by atoms with Gasteiger partial charge in [0.25, 0.3) is 0 Å². The zero-order chi connectivity index (χ0) is 63.3. The van der Waals surface area contributed by atoms with Gasteiger partial charge in [-0.25, -0.2) is 0 Å². The Morgan fingerprint density at radius 3 is 0.682 bits per heavy atom. The highest BCUT2D eigenvalue weighted by molar-refractivity contribution is 5.70. The van der Waals surface area contributed by atoms with Crippen LogP contribution in [0.1, 0.15) is 284 Å². The Bertz CT molecular complexity index is 2050. The first kappa shape index (κ1) is 82.5. The summed E-state index contributed by atoms with van der Waals surface area (Å²) in [5, 5.41) is 9.70. The second kappa shape index (κ2) is 75.7. The Labute approximate surface area is 542 Å². The molecule has 0 saturated heterocycles. The summed E-state index contributed by atoms with van der Waals surface area (Å²) in [6, 6.07) is 0. The number of rotatable bonds is 63. The number of carbonyl (C=O) groups is 2. The van der Waals surface area contributed by atoms with Gasteiger partial charge in [0.2, 0.25) is 0 Å². The van der Waals surface area contributed by atoms with Crippen LogP contribution in [-0.2, 0) is 19.1 Å². The van der Waals surface area contributed by atoms with Crippen molar-refractivity contribution in [2.24, 2.45) is 0 Å². The molecule has 0 fully saturated rings. The van der Waals surface area contributed by atoms with Gasteiger partial charge in [0.05, 0.1) is 6.61 Å². The van der Waals surface area contributed by atoms with Crippen molar-refractivity contribution in [3.63, 3.8) is 0 Å². The third-order valence-corrected chi connectivity index (χ3v) is 14.6. The molecule has 0 heterocycles. The van der Waals surface area contributed by atoms with Gasteiger partial charge in [0.15, 0.2) is 6.10 Å². The molecule has 0 aromatic rings. The normalized spacial score (nSPS) is 13.5. The van der Waals surface area contributed by atoms with E-state index in [4.69, 9.17) is 9.47 Å². The zero-order valence-corrected chi connectivity index (χ0v) is 56.4. The van der Waals surface area contributed by atoms with Crippen molar-refractivity contribution in [3.05, 3.63) is 207 Å². The maximum absolute atomic E-state index is 12.4. The van der Waals surface area contributed by atoms with E-state index in [1.54, 1.807) is 0 Å². The number of hydrogen-bond acceptors (Lipinski definition) is 5. The molecule has 1 N–H and O–H groups in total. The predicted molar refractivity (Wildman–Crippen MR) is 389 cm³/mol. The Balaban J connectivity index is 3.58. The lowest BCUT2D eigenvalue weighted by atomic mass is 10.0. The topological polar surface area (TPSA) is 72.8 Å². The molecular weight excluding hydrogens is 1080 g/mol. The number of ether oxygens (including phenoxy) is 2. The maximum atomic E-state index is 12.4. The Morgan fingerprint density at radius 2 is 0.455 bits per heavy atom. The van der Waals surface area contributed by atoms with E-state index in [0.717, 1.165) is 167 Å². The quantitative estimate of drug-likeness (QED) is 0.0373. The molecule has 5 heteroatoms. The number of unbranched alkanes of at least 4 members (excludes halogenated alkanes) is 21. The summed E-state index contributed by atoms with van der Waals surface area (Å²) in [5.41, 5.74) is 0. The Morgan fingerprint density at radius 1 is 0.261 bits per heavy atom. The van der Waals surface area contributed by atoms with Crippen LogP contribution in [-0.4, -0.2) is 36.4 Å². The van der Waals surface area contributed by atoms with Gasteiger partial charge in [0.1, 0.15) is 6.61 Å². The van der Waals surface area contributed by atoms with Gasteiger partial charge in [0, 0.05) is 12.8 Å². The summed E-state index contributed by atoms with van der Waals surface area (Å²) in [4.78, 5) is 24.7. The zero-order valence-electron chi connectivity index (χ0n) is 56.4. The lowest BCUT2D eigenvalue weighted by molar-refractivity contribution is -0.161. The number of hydrogen-bond donors (Lipinski definition) is 1. The van der Waals surface area contributed by atoms with Crippen molar-refractivity contribution in [2.45, 2.75) is 290 Å². The van der Waals surface area contributed by atoms with Crippen LogP contribution in [0.25, 0.3) is 0 Å². The van der Waals surface area contributed by atoms with Gasteiger partial charge in [-0.15, -0.1) is 0 Å². The van der Waals surface area contributed by atoms with Crippen molar-refractivity contribution in [2.75, 3.05) is 13.2 Å². The highest BCUT2D eigenvalue weighted by Crippen LogP contribution is 2.16. The smallest absolute Gasteiger partial charge is 0.306 e. The molecule has 1 atom stereocenters. The number of allylic oxidation sites excluding steroid dienone is 34. The highest BCUT2D eigenvalue weighted by atomic mass is 16.6. The number of aliphatic hydroxyl groups is 1. The van der Waals surface area contributed by atoms with Crippen molar-refractivity contribution < 1.29 is 24.2 Å². The first-order valence-corrected chi connectivity index (χ1v) is 35.6. The summed E-state index contributed by atoms with van der Waals surface area (Å²) in [7, 11) is 0. The van der Waals surface area contributed by atoms with Gasteiger partial charge in [-0.05, 0) is 148 Å². The molecule has 0 aliphatic heterocycles. The average molecular weight is 1210 g/mol. The predicted octanol–water partition coefficient (Wildman–Crippen LogP) is 25.3. The standard InChI is InChI=1S/C83H130O5/c1-3-5-7-9-11-13-15-17-19-21-23-25-27-29-31-33-35-37-38-39-40-41-42-43-44-46-47-49-51-53-55-57-59-61-63-65-67-69-71-73-75-77-82(85)87-80-81(79-84)88-83(86)78-76-74-72-70-68-66-64-62-60-58-56-54-52-50-48-45-36-34-32-30-28-26-24-22-20-18-16-14-12-10-8-6-4-2/h5-8,11-14,17-20,23-26,29-32,35-37,39-40,42-43,45,50,52,56,58,62,64,81,84H,3-4,9-10,15-16,21-22,27-28,33-34,38,41,44,46-49,51,53-55,57,59-61,63,65-80H2,1-2H3/b7-5-,8-6-,13-11-,14-12-,19-17-,20-18-,25-23-,26-24-,31-29-,32-30-,37-35-,40-39-,43-42-,45-36-,52-50-,58-56-,64-62-. The Kier molecular flexibility index (Phi) is 71.0. The minimum absolute atomic E-state index is 0.0849.